The van der Waals surface area contributed by atoms with Crippen molar-refractivity contribution in [2.45, 2.75) is 23.8 Å². The lowest BCUT2D eigenvalue weighted by molar-refractivity contribution is -0.384. The molecule has 1 aliphatic rings. The van der Waals surface area contributed by atoms with E-state index >= 15 is 0 Å². The van der Waals surface area contributed by atoms with Crippen LogP contribution in [-0.4, -0.2) is 41.6 Å². The molecule has 146 valence electrons. The maximum absolute atomic E-state index is 13.0. The summed E-state index contributed by atoms with van der Waals surface area (Å²) in [5.74, 6) is 0. The summed E-state index contributed by atoms with van der Waals surface area (Å²) in [6.07, 6.45) is 4.12. The maximum Gasteiger partial charge on any atom is 0.311 e. The molecule has 1 aliphatic heterocycles. The Morgan fingerprint density at radius 1 is 1.25 bits per heavy atom. The molecule has 3 heterocycles. The number of aromatic nitrogens is 2. The number of fused-ring (bicyclic) bond motifs is 1. The Bertz CT molecular complexity index is 1120. The average Bonchev–Trinajstić information content (AvgIpc) is 3.15. The predicted molar refractivity (Wildman–Crippen MR) is 103 cm³/mol. The lowest BCUT2D eigenvalue weighted by Crippen LogP contribution is -2.30. The van der Waals surface area contributed by atoms with E-state index < -0.39 is 14.9 Å². The maximum atomic E-state index is 13.0. The molecule has 1 N–H and O–H groups in total. The molecule has 0 amide bonds. The molecule has 3 aromatic rings. The number of nitrogens with zero attached hydrogens (tertiary/aromatic N) is 3. The molecular weight excluding hydrogens is 384 g/mol. The van der Waals surface area contributed by atoms with Crippen molar-refractivity contribution in [2.75, 3.05) is 18.5 Å². The number of ether oxygens (including phenoxy) is 1. The summed E-state index contributed by atoms with van der Waals surface area (Å²) < 4.78 is 32.4. The predicted octanol–water partition coefficient (Wildman–Crippen LogP) is 2.77. The molecule has 4 rings (SSSR count). The summed E-state index contributed by atoms with van der Waals surface area (Å²) in [7, 11) is -3.87. The first-order valence-electron chi connectivity index (χ1n) is 8.78. The van der Waals surface area contributed by atoms with E-state index in [0.29, 0.717) is 18.6 Å². The van der Waals surface area contributed by atoms with Crippen LogP contribution >= 0.6 is 0 Å². The van der Waals surface area contributed by atoms with Crippen LogP contribution < -0.4 is 5.32 Å². The molecular formula is C18H18N4O5S. The van der Waals surface area contributed by atoms with Gasteiger partial charge in [-0.3, -0.25) is 10.1 Å². The molecule has 0 unspecified atom stereocenters. The van der Waals surface area contributed by atoms with E-state index in [2.05, 4.69) is 10.3 Å². The smallest absolute Gasteiger partial charge is 0.311 e. The molecule has 1 fully saturated rings. The third-order valence-electron chi connectivity index (χ3n) is 4.67. The number of nitrogens with one attached hydrogen (secondary N) is 1. The van der Waals surface area contributed by atoms with E-state index in [1.54, 1.807) is 18.2 Å². The number of pyridine rings is 1. The molecule has 0 aliphatic carbocycles. The van der Waals surface area contributed by atoms with Crippen molar-refractivity contribution in [2.24, 2.45) is 0 Å². The van der Waals surface area contributed by atoms with Crippen LogP contribution in [0.1, 0.15) is 12.8 Å². The Labute approximate surface area is 161 Å². The van der Waals surface area contributed by atoms with Gasteiger partial charge in [0.15, 0.2) is 5.65 Å². The van der Waals surface area contributed by atoms with E-state index in [9.17, 15) is 18.5 Å². The van der Waals surface area contributed by atoms with Crippen molar-refractivity contribution >= 4 is 32.4 Å². The molecule has 0 radical (unpaired) electrons. The zero-order valence-corrected chi connectivity index (χ0v) is 15.6. The summed E-state index contributed by atoms with van der Waals surface area (Å²) in [4.78, 5) is 15.2. The van der Waals surface area contributed by atoms with Gasteiger partial charge in [-0.05, 0) is 31.0 Å². The number of benzene rings is 1. The molecule has 0 bridgehead atoms. The number of hydrogen-bond acceptors (Lipinski definition) is 7. The van der Waals surface area contributed by atoms with Crippen molar-refractivity contribution < 1.29 is 18.1 Å². The van der Waals surface area contributed by atoms with Gasteiger partial charge in [-0.15, -0.1) is 0 Å². The number of anilines is 1. The largest absolute Gasteiger partial charge is 0.379 e. The third-order valence-corrected chi connectivity index (χ3v) is 6.35. The van der Waals surface area contributed by atoms with Gasteiger partial charge < -0.3 is 10.1 Å². The van der Waals surface area contributed by atoms with Gasteiger partial charge in [0.1, 0.15) is 11.9 Å². The fourth-order valence-electron chi connectivity index (χ4n) is 3.30. The van der Waals surface area contributed by atoms with Gasteiger partial charge in [0.2, 0.25) is 0 Å². The van der Waals surface area contributed by atoms with E-state index in [1.165, 1.54) is 24.4 Å². The second-order valence-corrected chi connectivity index (χ2v) is 8.32. The minimum absolute atomic E-state index is 0.0906. The van der Waals surface area contributed by atoms with Crippen LogP contribution in [0.25, 0.3) is 11.0 Å². The highest BCUT2D eigenvalue weighted by molar-refractivity contribution is 7.90. The minimum atomic E-state index is -3.87. The Kier molecular flexibility index (Phi) is 4.73. The van der Waals surface area contributed by atoms with Crippen LogP contribution in [0.3, 0.4) is 0 Å². The van der Waals surface area contributed by atoms with Crippen molar-refractivity contribution in [3.8, 4) is 0 Å². The second-order valence-electron chi connectivity index (χ2n) is 6.50. The van der Waals surface area contributed by atoms with Crippen LogP contribution in [-0.2, 0) is 14.8 Å². The average molecular weight is 402 g/mol. The first kappa shape index (κ1) is 18.4. The molecule has 0 spiro atoms. The van der Waals surface area contributed by atoms with Gasteiger partial charge in [0, 0.05) is 18.8 Å². The Hall–Kier alpha value is -2.98. The minimum Gasteiger partial charge on any atom is -0.379 e. The summed E-state index contributed by atoms with van der Waals surface area (Å²) in [6.45, 7) is 1.10. The van der Waals surface area contributed by atoms with Crippen LogP contribution in [0.15, 0.2) is 53.7 Å². The van der Waals surface area contributed by atoms with Crippen LogP contribution in [0, 0.1) is 10.1 Å². The molecule has 10 heteroatoms. The summed E-state index contributed by atoms with van der Waals surface area (Å²) in [5, 5.41) is 15.0. The van der Waals surface area contributed by atoms with Crippen LogP contribution in [0.2, 0.25) is 0 Å². The van der Waals surface area contributed by atoms with Gasteiger partial charge in [-0.25, -0.2) is 17.4 Å². The van der Waals surface area contributed by atoms with Crippen molar-refractivity contribution in [3.63, 3.8) is 0 Å². The monoisotopic (exact) mass is 402 g/mol. The molecule has 1 atom stereocenters. The molecule has 9 nitrogen and oxygen atoms in total. The molecule has 1 aromatic carbocycles. The fraction of sp³-hybridized carbons (Fsp3) is 0.278. The van der Waals surface area contributed by atoms with E-state index in [0.717, 1.165) is 23.0 Å². The van der Waals surface area contributed by atoms with Crippen molar-refractivity contribution in [1.29, 1.82) is 0 Å². The Morgan fingerprint density at radius 2 is 2.04 bits per heavy atom. The zero-order chi connectivity index (χ0) is 19.7. The standard InChI is InChI=1S/C18H18N4O5S/c23-22(24)16-11-19-18-15(17(16)20-13-5-4-10-27-12-13)8-9-21(18)28(25,26)14-6-2-1-3-7-14/h1-3,6-9,11,13H,4-5,10,12H2,(H,19,20)/t13-/m0/s1. The Morgan fingerprint density at radius 3 is 2.71 bits per heavy atom. The van der Waals surface area contributed by atoms with E-state index in [-0.39, 0.29) is 28.0 Å². The van der Waals surface area contributed by atoms with Gasteiger partial charge >= 0.3 is 5.69 Å². The lowest BCUT2D eigenvalue weighted by Gasteiger charge is -2.24. The molecule has 0 saturated carbocycles. The first-order valence-corrected chi connectivity index (χ1v) is 10.2. The van der Waals surface area contributed by atoms with Gasteiger partial charge in [-0.1, -0.05) is 18.2 Å². The highest BCUT2D eigenvalue weighted by Crippen LogP contribution is 2.34. The number of rotatable bonds is 5. The normalized spacial score (nSPS) is 17.5. The molecule has 1 saturated heterocycles. The van der Waals surface area contributed by atoms with Crippen LogP contribution in [0.5, 0.6) is 0 Å². The quantitative estimate of drug-likeness (QED) is 0.515. The topological polar surface area (TPSA) is 116 Å². The van der Waals surface area contributed by atoms with E-state index in [4.69, 9.17) is 4.74 Å². The first-order chi connectivity index (χ1) is 13.5. The summed E-state index contributed by atoms with van der Waals surface area (Å²) >= 11 is 0. The van der Waals surface area contributed by atoms with Gasteiger partial charge in [0.25, 0.3) is 10.0 Å². The van der Waals surface area contributed by atoms with Crippen molar-refractivity contribution in [3.05, 3.63) is 58.9 Å². The number of hydrogen-bond donors (Lipinski definition) is 1. The summed E-state index contributed by atoms with van der Waals surface area (Å²) in [6, 6.07) is 9.41. The highest BCUT2D eigenvalue weighted by atomic mass is 32.2. The third kappa shape index (κ3) is 3.20. The highest BCUT2D eigenvalue weighted by Gasteiger charge is 2.26. The SMILES string of the molecule is O=[N+]([O-])c1cnc2c(ccn2S(=O)(=O)c2ccccc2)c1N[C@H]1CCCOC1. The van der Waals surface area contributed by atoms with Crippen LogP contribution in [0.4, 0.5) is 11.4 Å². The van der Waals surface area contributed by atoms with Crippen molar-refractivity contribution in [1.82, 2.24) is 8.96 Å². The fourth-order valence-corrected chi connectivity index (χ4v) is 4.62. The Balaban J connectivity index is 1.84. The second kappa shape index (κ2) is 7.21. The van der Waals surface area contributed by atoms with Gasteiger partial charge in [-0.2, -0.15) is 0 Å². The lowest BCUT2D eigenvalue weighted by atomic mass is 10.1. The molecule has 28 heavy (non-hydrogen) atoms. The van der Waals surface area contributed by atoms with Gasteiger partial charge in [0.05, 0.1) is 21.8 Å². The van der Waals surface area contributed by atoms with E-state index in [1.807, 2.05) is 0 Å². The summed E-state index contributed by atoms with van der Waals surface area (Å²) in [5.41, 5.74) is 0.189. The zero-order valence-electron chi connectivity index (χ0n) is 14.8. The number of nitro groups is 1. The molecule has 2 aromatic heterocycles.